The second-order valence-electron chi connectivity index (χ2n) is 6.74. The second kappa shape index (κ2) is 6.55. The molecule has 3 aromatic rings. The Morgan fingerprint density at radius 3 is 2.60 bits per heavy atom. The van der Waals surface area contributed by atoms with Gasteiger partial charge in [-0.15, -0.1) is 0 Å². The van der Waals surface area contributed by atoms with E-state index in [1.807, 2.05) is 58.0 Å². The Morgan fingerprint density at radius 2 is 1.92 bits per heavy atom. The minimum absolute atomic E-state index is 0.119. The van der Waals surface area contributed by atoms with Crippen molar-refractivity contribution in [1.29, 1.82) is 0 Å². The molecule has 1 N–H and O–H groups in total. The van der Waals surface area contributed by atoms with Gasteiger partial charge >= 0.3 is 0 Å². The number of benzene rings is 1. The first-order chi connectivity index (χ1) is 11.9. The maximum atomic E-state index is 11.8. The van der Waals surface area contributed by atoms with Crippen LogP contribution < -0.4 is 5.32 Å². The smallest absolute Gasteiger partial charge is 0.231 e. The number of carbonyl (C=O) groups is 1. The van der Waals surface area contributed by atoms with Gasteiger partial charge in [0.2, 0.25) is 17.7 Å². The van der Waals surface area contributed by atoms with E-state index in [0.717, 1.165) is 5.56 Å². The molecule has 1 aromatic carbocycles. The average Bonchev–Trinajstić information content (AvgIpc) is 3.25. The lowest BCUT2D eigenvalue weighted by atomic mass is 9.87. The zero-order valence-electron chi connectivity index (χ0n) is 14.7. The number of anilines is 1. The highest BCUT2D eigenvalue weighted by Crippen LogP contribution is 2.34. The van der Waals surface area contributed by atoms with Crippen molar-refractivity contribution in [3.05, 3.63) is 54.0 Å². The molecule has 1 amide bonds. The molecule has 0 aliphatic rings. The van der Waals surface area contributed by atoms with Crippen LogP contribution in [0.25, 0.3) is 11.5 Å². The predicted octanol–water partition coefficient (Wildman–Crippen LogP) is 4.25. The molecule has 6 nitrogen and oxygen atoms in total. The molecule has 2 aromatic heterocycles. The molecule has 3 rings (SSSR count). The van der Waals surface area contributed by atoms with Crippen LogP contribution >= 0.6 is 0 Å². The van der Waals surface area contributed by atoms with Gasteiger partial charge in [0.1, 0.15) is 5.76 Å². The molecular weight excluding hydrogens is 318 g/mol. The van der Waals surface area contributed by atoms with E-state index in [2.05, 4.69) is 15.5 Å². The van der Waals surface area contributed by atoms with Gasteiger partial charge in [-0.1, -0.05) is 37.2 Å². The number of hydrogen-bond donors (Lipinski definition) is 1. The summed E-state index contributed by atoms with van der Waals surface area (Å²) in [5.74, 6) is 1.29. The molecule has 2 heterocycles. The van der Waals surface area contributed by atoms with Gasteiger partial charge in [-0.05, 0) is 26.0 Å². The normalized spacial score (nSPS) is 11.7. The maximum absolute atomic E-state index is 11.8. The van der Waals surface area contributed by atoms with Gasteiger partial charge in [0, 0.05) is 17.5 Å². The van der Waals surface area contributed by atoms with Gasteiger partial charge in [-0.3, -0.25) is 10.1 Å². The third kappa shape index (κ3) is 3.47. The van der Waals surface area contributed by atoms with Crippen molar-refractivity contribution in [3.8, 4) is 11.5 Å². The molecule has 0 unspecified atom stereocenters. The molecule has 0 atom stereocenters. The summed E-state index contributed by atoms with van der Waals surface area (Å²) in [6, 6.07) is 11.4. The molecule has 0 aliphatic carbocycles. The summed E-state index contributed by atoms with van der Waals surface area (Å²) in [5, 5.41) is 6.78. The number of aromatic nitrogens is 2. The number of hydrogen-bond acceptors (Lipinski definition) is 5. The van der Waals surface area contributed by atoms with Gasteiger partial charge in [-0.2, -0.15) is 0 Å². The number of rotatable bonds is 5. The van der Waals surface area contributed by atoms with Crippen LogP contribution in [0.2, 0.25) is 0 Å². The molecule has 0 saturated heterocycles. The molecular formula is C19H21N3O3. The zero-order chi connectivity index (χ0) is 18.0. The van der Waals surface area contributed by atoms with E-state index in [0.29, 0.717) is 23.2 Å². The second-order valence-corrected chi connectivity index (χ2v) is 6.74. The van der Waals surface area contributed by atoms with Crippen LogP contribution in [0.1, 0.15) is 39.1 Å². The summed E-state index contributed by atoms with van der Waals surface area (Å²) in [6.07, 6.45) is 1.70. The summed E-state index contributed by atoms with van der Waals surface area (Å²) in [5.41, 5.74) is 1.02. The quantitative estimate of drug-likeness (QED) is 0.751. The number of amides is 1. The third-order valence-corrected chi connectivity index (χ3v) is 4.06. The van der Waals surface area contributed by atoms with Crippen LogP contribution in [0, 0.1) is 5.92 Å². The van der Waals surface area contributed by atoms with Crippen LogP contribution in [0.5, 0.6) is 0 Å². The van der Waals surface area contributed by atoms with E-state index < -0.39 is 5.41 Å². The summed E-state index contributed by atoms with van der Waals surface area (Å²) >= 11 is 0. The number of nitrogens with zero attached hydrogens (tertiary/aromatic N) is 2. The van der Waals surface area contributed by atoms with Gasteiger partial charge in [0.25, 0.3) is 0 Å². The fraction of sp³-hybridized carbons (Fsp3) is 0.316. The maximum Gasteiger partial charge on any atom is 0.231 e. The Labute approximate surface area is 146 Å². The zero-order valence-corrected chi connectivity index (χ0v) is 14.7. The fourth-order valence-electron chi connectivity index (χ4n) is 2.30. The predicted molar refractivity (Wildman–Crippen MR) is 94.0 cm³/mol. The van der Waals surface area contributed by atoms with Gasteiger partial charge in [-0.25, -0.2) is 4.98 Å². The van der Waals surface area contributed by atoms with Crippen LogP contribution in [0.3, 0.4) is 0 Å². The van der Waals surface area contributed by atoms with Crippen LogP contribution in [-0.2, 0) is 10.2 Å². The van der Waals surface area contributed by atoms with E-state index in [9.17, 15) is 4.79 Å². The summed E-state index contributed by atoms with van der Waals surface area (Å²) in [7, 11) is 0. The van der Waals surface area contributed by atoms with Crippen molar-refractivity contribution in [2.24, 2.45) is 5.92 Å². The first kappa shape index (κ1) is 17.0. The Kier molecular flexibility index (Phi) is 4.44. The topological polar surface area (TPSA) is 81.2 Å². The van der Waals surface area contributed by atoms with Gasteiger partial charge in [0.05, 0.1) is 17.3 Å². The Bertz CT molecular complexity index is 863. The minimum Gasteiger partial charge on any atom is -0.440 e. The van der Waals surface area contributed by atoms with Crippen molar-refractivity contribution in [2.45, 2.75) is 33.1 Å². The van der Waals surface area contributed by atoms with Gasteiger partial charge < -0.3 is 8.94 Å². The summed E-state index contributed by atoms with van der Waals surface area (Å²) in [4.78, 5) is 16.1. The Hall–Kier alpha value is -2.89. The molecule has 0 spiro atoms. The molecule has 0 fully saturated rings. The third-order valence-electron chi connectivity index (χ3n) is 4.06. The Morgan fingerprint density at radius 1 is 1.20 bits per heavy atom. The van der Waals surface area contributed by atoms with E-state index in [-0.39, 0.29) is 11.8 Å². The van der Waals surface area contributed by atoms with Crippen molar-refractivity contribution >= 4 is 11.8 Å². The van der Waals surface area contributed by atoms with Crippen molar-refractivity contribution in [2.75, 3.05) is 5.32 Å². The average molecular weight is 339 g/mol. The molecule has 0 bridgehead atoms. The minimum atomic E-state index is -0.551. The van der Waals surface area contributed by atoms with E-state index in [1.54, 1.807) is 12.3 Å². The molecule has 130 valence electrons. The Balaban J connectivity index is 1.84. The van der Waals surface area contributed by atoms with Crippen molar-refractivity contribution < 1.29 is 13.7 Å². The summed E-state index contributed by atoms with van der Waals surface area (Å²) < 4.78 is 11.2. The molecule has 0 radical (unpaired) electrons. The fourth-order valence-corrected chi connectivity index (χ4v) is 2.30. The molecule has 0 aliphatic heterocycles. The lowest BCUT2D eigenvalue weighted by molar-refractivity contribution is -0.119. The molecule has 6 heteroatoms. The highest BCUT2D eigenvalue weighted by Gasteiger charge is 2.32. The van der Waals surface area contributed by atoms with Crippen molar-refractivity contribution in [1.82, 2.24) is 10.1 Å². The number of oxazole rings is 1. The van der Waals surface area contributed by atoms with Crippen LogP contribution in [0.15, 0.2) is 51.5 Å². The number of carbonyl (C=O) groups excluding carboxylic acids is 1. The standard InChI is InChI=1S/C19H21N3O3/c1-12(2)17(23)21-16-10-14(22-25-16)19(3,4)15-11-20-18(24-15)13-8-6-5-7-9-13/h5-12H,1-4H3,(H,21,23). The van der Waals surface area contributed by atoms with Crippen LogP contribution in [0.4, 0.5) is 5.88 Å². The SMILES string of the molecule is CC(C)C(=O)Nc1cc(C(C)(C)c2cnc(-c3ccccc3)o2)no1. The highest BCUT2D eigenvalue weighted by atomic mass is 16.5. The van der Waals surface area contributed by atoms with E-state index in [1.165, 1.54) is 0 Å². The van der Waals surface area contributed by atoms with Gasteiger partial charge in [0.15, 0.2) is 0 Å². The molecule has 0 saturated carbocycles. The van der Waals surface area contributed by atoms with Crippen molar-refractivity contribution in [3.63, 3.8) is 0 Å². The largest absolute Gasteiger partial charge is 0.440 e. The lowest BCUT2D eigenvalue weighted by Crippen LogP contribution is -2.19. The first-order valence-corrected chi connectivity index (χ1v) is 8.17. The number of nitrogens with one attached hydrogen (secondary N) is 1. The lowest BCUT2D eigenvalue weighted by Gasteiger charge is -2.17. The molecule has 25 heavy (non-hydrogen) atoms. The summed E-state index contributed by atoms with van der Waals surface area (Å²) in [6.45, 7) is 7.56. The van der Waals surface area contributed by atoms with Crippen LogP contribution in [-0.4, -0.2) is 16.0 Å². The van der Waals surface area contributed by atoms with E-state index >= 15 is 0 Å². The van der Waals surface area contributed by atoms with E-state index in [4.69, 9.17) is 8.94 Å². The first-order valence-electron chi connectivity index (χ1n) is 8.17. The monoisotopic (exact) mass is 339 g/mol. The highest BCUT2D eigenvalue weighted by molar-refractivity contribution is 5.90.